The molecule has 1 saturated carbocycles. The maximum Gasteiger partial charge on any atom is 0.239 e. The molecule has 128 valence electrons. The molecule has 0 unspecified atom stereocenters. The number of carbonyl (C=O) groups excluding carboxylic acids is 1. The Morgan fingerprint density at radius 2 is 1.87 bits per heavy atom. The maximum atomic E-state index is 12.4. The van der Waals surface area contributed by atoms with Gasteiger partial charge in [-0.15, -0.1) is 0 Å². The number of benzene rings is 1. The van der Waals surface area contributed by atoms with E-state index in [0.717, 1.165) is 36.9 Å². The van der Waals surface area contributed by atoms with Crippen LogP contribution < -0.4 is 5.32 Å². The van der Waals surface area contributed by atoms with Crippen LogP contribution in [0.4, 0.5) is 5.69 Å². The van der Waals surface area contributed by atoms with Crippen LogP contribution in [0.15, 0.2) is 24.3 Å². The van der Waals surface area contributed by atoms with Gasteiger partial charge in [-0.1, -0.05) is 44.9 Å². The highest BCUT2D eigenvalue weighted by atomic mass is 32.2. The zero-order valence-electron chi connectivity index (χ0n) is 14.1. The topological polar surface area (TPSA) is 66.5 Å². The number of rotatable bonds is 6. The Labute approximate surface area is 139 Å². The monoisotopic (exact) mass is 338 g/mol. The molecule has 1 fully saturated rings. The first kappa shape index (κ1) is 17.9. The van der Waals surface area contributed by atoms with E-state index in [1.807, 2.05) is 24.3 Å². The molecule has 2 rings (SSSR count). The lowest BCUT2D eigenvalue weighted by atomic mass is 10.0. The van der Waals surface area contributed by atoms with Crippen LogP contribution in [-0.4, -0.2) is 37.5 Å². The van der Waals surface area contributed by atoms with Crippen molar-refractivity contribution in [3.63, 3.8) is 0 Å². The lowest BCUT2D eigenvalue weighted by Gasteiger charge is -2.26. The van der Waals surface area contributed by atoms with Gasteiger partial charge in [0.2, 0.25) is 15.9 Å². The second-order valence-corrected chi connectivity index (χ2v) is 8.47. The van der Waals surface area contributed by atoms with Crippen molar-refractivity contribution >= 4 is 21.6 Å². The van der Waals surface area contributed by atoms with Gasteiger partial charge in [0, 0.05) is 11.7 Å². The predicted molar refractivity (Wildman–Crippen MR) is 93.0 cm³/mol. The van der Waals surface area contributed by atoms with Crippen LogP contribution in [0.3, 0.4) is 0 Å². The summed E-state index contributed by atoms with van der Waals surface area (Å²) < 4.78 is 25.4. The molecule has 1 aliphatic rings. The number of hydrogen-bond acceptors (Lipinski definition) is 3. The molecule has 1 aromatic rings. The number of anilines is 1. The van der Waals surface area contributed by atoms with Crippen molar-refractivity contribution < 1.29 is 13.2 Å². The molecule has 23 heavy (non-hydrogen) atoms. The van der Waals surface area contributed by atoms with Gasteiger partial charge in [0.15, 0.2) is 0 Å². The summed E-state index contributed by atoms with van der Waals surface area (Å²) in [6.07, 6.45) is 4.90. The van der Waals surface area contributed by atoms with Crippen LogP contribution in [0.2, 0.25) is 0 Å². The quantitative estimate of drug-likeness (QED) is 0.867. The van der Waals surface area contributed by atoms with Crippen LogP contribution in [0.1, 0.15) is 51.0 Å². The van der Waals surface area contributed by atoms with Crippen molar-refractivity contribution in [2.75, 3.05) is 18.1 Å². The zero-order valence-corrected chi connectivity index (χ0v) is 14.9. The standard InChI is InChI=1S/C17H26N2O3S/c1-13(2)15-10-6-7-11-16(15)18-17(20)12-19(23(3,21)22)14-8-4-5-9-14/h6-7,10-11,13-14H,4-5,8-9,12H2,1-3H3,(H,18,20). The van der Waals surface area contributed by atoms with Gasteiger partial charge < -0.3 is 5.32 Å². The molecule has 5 nitrogen and oxygen atoms in total. The van der Waals surface area contributed by atoms with Gasteiger partial charge >= 0.3 is 0 Å². The van der Waals surface area contributed by atoms with E-state index in [1.54, 1.807) is 0 Å². The minimum absolute atomic E-state index is 0.0453. The Kier molecular flexibility index (Phi) is 5.81. The smallest absolute Gasteiger partial charge is 0.239 e. The van der Waals surface area contributed by atoms with E-state index < -0.39 is 10.0 Å². The number of amides is 1. The van der Waals surface area contributed by atoms with Gasteiger partial charge in [-0.25, -0.2) is 8.42 Å². The minimum atomic E-state index is -3.39. The number of hydrogen-bond donors (Lipinski definition) is 1. The average molecular weight is 338 g/mol. The molecular formula is C17H26N2O3S. The first-order valence-corrected chi connectivity index (χ1v) is 9.99. The molecule has 0 saturated heterocycles. The normalized spacial score (nSPS) is 16.2. The van der Waals surface area contributed by atoms with Gasteiger partial charge in [-0.05, 0) is 30.4 Å². The van der Waals surface area contributed by atoms with E-state index >= 15 is 0 Å². The van der Waals surface area contributed by atoms with E-state index in [4.69, 9.17) is 0 Å². The van der Waals surface area contributed by atoms with E-state index in [0.29, 0.717) is 0 Å². The fourth-order valence-electron chi connectivity index (χ4n) is 3.15. The molecule has 0 radical (unpaired) electrons. The first-order valence-electron chi connectivity index (χ1n) is 8.14. The summed E-state index contributed by atoms with van der Waals surface area (Å²) in [5.74, 6) is 0.00256. The summed E-state index contributed by atoms with van der Waals surface area (Å²) in [6.45, 7) is 4.01. The largest absolute Gasteiger partial charge is 0.325 e. The van der Waals surface area contributed by atoms with Crippen molar-refractivity contribution in [2.45, 2.75) is 51.5 Å². The summed E-state index contributed by atoms with van der Waals surface area (Å²) in [6, 6.07) is 7.59. The molecule has 1 amide bonds. The van der Waals surface area contributed by atoms with E-state index in [2.05, 4.69) is 19.2 Å². The van der Waals surface area contributed by atoms with Crippen molar-refractivity contribution in [3.8, 4) is 0 Å². The number of carbonyl (C=O) groups is 1. The van der Waals surface area contributed by atoms with Crippen LogP contribution >= 0.6 is 0 Å². The zero-order chi connectivity index (χ0) is 17.0. The molecule has 0 spiro atoms. The molecule has 0 aromatic heterocycles. The molecule has 0 bridgehead atoms. The van der Waals surface area contributed by atoms with Crippen molar-refractivity contribution in [3.05, 3.63) is 29.8 Å². The summed E-state index contributed by atoms with van der Waals surface area (Å²) in [7, 11) is -3.39. The van der Waals surface area contributed by atoms with E-state index in [-0.39, 0.29) is 24.4 Å². The third-order valence-corrected chi connectivity index (χ3v) is 5.59. The van der Waals surface area contributed by atoms with Gasteiger partial charge in [-0.2, -0.15) is 4.31 Å². The van der Waals surface area contributed by atoms with Crippen LogP contribution in [0, 0.1) is 0 Å². The second kappa shape index (κ2) is 7.45. The SMILES string of the molecule is CC(C)c1ccccc1NC(=O)CN(C1CCCC1)S(C)(=O)=O. The molecule has 0 aliphatic heterocycles. The van der Waals surface area contributed by atoms with Crippen LogP contribution in [0.5, 0.6) is 0 Å². The molecule has 6 heteroatoms. The lowest BCUT2D eigenvalue weighted by Crippen LogP contribution is -2.43. The number of nitrogens with one attached hydrogen (secondary N) is 1. The van der Waals surface area contributed by atoms with E-state index in [9.17, 15) is 13.2 Å². The number of sulfonamides is 1. The molecular weight excluding hydrogens is 312 g/mol. The number of para-hydroxylation sites is 1. The van der Waals surface area contributed by atoms with Crippen molar-refractivity contribution in [1.29, 1.82) is 0 Å². The molecule has 0 atom stereocenters. The summed E-state index contributed by atoms with van der Waals surface area (Å²) in [5.41, 5.74) is 1.81. The third-order valence-electron chi connectivity index (χ3n) is 4.31. The van der Waals surface area contributed by atoms with E-state index in [1.165, 1.54) is 10.6 Å². The highest BCUT2D eigenvalue weighted by molar-refractivity contribution is 7.88. The van der Waals surface area contributed by atoms with Crippen molar-refractivity contribution in [2.24, 2.45) is 0 Å². The third kappa shape index (κ3) is 4.78. The Balaban J connectivity index is 2.11. The van der Waals surface area contributed by atoms with Gasteiger partial charge in [0.25, 0.3) is 0 Å². The molecule has 1 N–H and O–H groups in total. The summed E-state index contributed by atoms with van der Waals surface area (Å²) in [5, 5.41) is 2.87. The van der Waals surface area contributed by atoms with Crippen molar-refractivity contribution in [1.82, 2.24) is 4.31 Å². The predicted octanol–water partition coefficient (Wildman–Crippen LogP) is 2.95. The Morgan fingerprint density at radius 1 is 1.26 bits per heavy atom. The van der Waals surface area contributed by atoms with Gasteiger partial charge in [-0.3, -0.25) is 4.79 Å². The van der Waals surface area contributed by atoms with Gasteiger partial charge in [0.1, 0.15) is 0 Å². The fraction of sp³-hybridized carbons (Fsp3) is 0.588. The highest BCUT2D eigenvalue weighted by Crippen LogP contribution is 2.26. The Morgan fingerprint density at radius 3 is 2.43 bits per heavy atom. The Hall–Kier alpha value is -1.40. The second-order valence-electron chi connectivity index (χ2n) is 6.54. The fourth-order valence-corrected chi connectivity index (χ4v) is 4.26. The number of nitrogens with zero attached hydrogens (tertiary/aromatic N) is 1. The minimum Gasteiger partial charge on any atom is -0.325 e. The highest BCUT2D eigenvalue weighted by Gasteiger charge is 2.31. The molecule has 1 aromatic carbocycles. The van der Waals surface area contributed by atoms with Crippen LogP contribution in [-0.2, 0) is 14.8 Å². The first-order chi connectivity index (χ1) is 10.8. The summed E-state index contributed by atoms with van der Waals surface area (Å²) in [4.78, 5) is 12.4. The molecule has 0 heterocycles. The molecule has 1 aliphatic carbocycles. The Bertz CT molecular complexity index is 650. The van der Waals surface area contributed by atoms with Gasteiger partial charge in [0.05, 0.1) is 12.8 Å². The summed E-state index contributed by atoms with van der Waals surface area (Å²) >= 11 is 0. The maximum absolute atomic E-state index is 12.4. The average Bonchev–Trinajstić information content (AvgIpc) is 2.97. The van der Waals surface area contributed by atoms with Crippen LogP contribution in [0.25, 0.3) is 0 Å². The lowest BCUT2D eigenvalue weighted by molar-refractivity contribution is -0.116.